The molecule has 1 fully saturated rings. The lowest BCUT2D eigenvalue weighted by atomic mass is 10.1. The molecule has 5 heteroatoms. The SMILES string of the molecule is N#C/C(C(=O)Nc1ccccc1)=C(\N)N1CCCCC1. The first-order chi connectivity index (χ1) is 9.72. The summed E-state index contributed by atoms with van der Waals surface area (Å²) in [6.45, 7) is 1.60. The lowest BCUT2D eigenvalue weighted by Gasteiger charge is -2.29. The second kappa shape index (κ2) is 6.62. The van der Waals surface area contributed by atoms with Crippen LogP contribution < -0.4 is 11.1 Å². The van der Waals surface area contributed by atoms with Gasteiger partial charge in [-0.15, -0.1) is 0 Å². The summed E-state index contributed by atoms with van der Waals surface area (Å²) in [5.41, 5.74) is 6.61. The highest BCUT2D eigenvalue weighted by Crippen LogP contribution is 2.15. The molecule has 1 amide bonds. The zero-order valence-corrected chi connectivity index (χ0v) is 11.3. The van der Waals surface area contributed by atoms with Crippen LogP contribution in [0.2, 0.25) is 0 Å². The molecule has 0 spiro atoms. The first-order valence-electron chi connectivity index (χ1n) is 6.73. The van der Waals surface area contributed by atoms with Gasteiger partial charge in [0.05, 0.1) is 0 Å². The number of para-hydroxylation sites is 1. The normalized spacial score (nSPS) is 16.1. The molecule has 2 rings (SSSR count). The van der Waals surface area contributed by atoms with Gasteiger partial charge in [-0.25, -0.2) is 0 Å². The lowest BCUT2D eigenvalue weighted by Crippen LogP contribution is -2.35. The molecule has 20 heavy (non-hydrogen) atoms. The van der Waals surface area contributed by atoms with Crippen molar-refractivity contribution < 1.29 is 4.79 Å². The largest absolute Gasteiger partial charge is 0.384 e. The van der Waals surface area contributed by atoms with Crippen LogP contribution in [0.5, 0.6) is 0 Å². The number of nitrogens with two attached hydrogens (primary N) is 1. The van der Waals surface area contributed by atoms with Crippen LogP contribution in [0.15, 0.2) is 41.7 Å². The summed E-state index contributed by atoms with van der Waals surface area (Å²) in [6, 6.07) is 11.0. The molecular formula is C15H18N4O. The van der Waals surface area contributed by atoms with Gasteiger partial charge in [0.25, 0.3) is 5.91 Å². The van der Waals surface area contributed by atoms with Crippen molar-refractivity contribution in [1.82, 2.24) is 4.90 Å². The molecule has 0 atom stereocenters. The maximum absolute atomic E-state index is 12.1. The van der Waals surface area contributed by atoms with Crippen LogP contribution in [0.4, 0.5) is 5.69 Å². The molecule has 1 aliphatic rings. The highest BCUT2D eigenvalue weighted by atomic mass is 16.1. The molecule has 0 radical (unpaired) electrons. The minimum atomic E-state index is -0.457. The van der Waals surface area contributed by atoms with E-state index in [0.29, 0.717) is 5.69 Å². The Labute approximate surface area is 118 Å². The molecule has 1 aromatic carbocycles. The monoisotopic (exact) mass is 270 g/mol. The van der Waals surface area contributed by atoms with Crippen molar-refractivity contribution in [1.29, 1.82) is 5.26 Å². The molecule has 1 aliphatic heterocycles. The molecule has 104 valence electrons. The van der Waals surface area contributed by atoms with Gasteiger partial charge in [0.2, 0.25) is 0 Å². The van der Waals surface area contributed by atoms with Gasteiger partial charge in [0.1, 0.15) is 11.9 Å². The van der Waals surface area contributed by atoms with Gasteiger partial charge in [-0.3, -0.25) is 4.79 Å². The molecule has 0 bridgehead atoms. The third-order valence-electron chi connectivity index (χ3n) is 3.32. The van der Waals surface area contributed by atoms with Crippen LogP contribution in [0.3, 0.4) is 0 Å². The zero-order chi connectivity index (χ0) is 14.4. The van der Waals surface area contributed by atoms with E-state index in [1.54, 1.807) is 12.1 Å². The number of rotatable bonds is 3. The smallest absolute Gasteiger partial charge is 0.270 e. The summed E-state index contributed by atoms with van der Waals surface area (Å²) in [7, 11) is 0. The maximum atomic E-state index is 12.1. The summed E-state index contributed by atoms with van der Waals surface area (Å²) < 4.78 is 0. The van der Waals surface area contributed by atoms with Crippen LogP contribution in [0, 0.1) is 11.3 Å². The van der Waals surface area contributed by atoms with Gasteiger partial charge < -0.3 is 16.0 Å². The predicted octanol–water partition coefficient (Wildman–Crippen LogP) is 1.80. The van der Waals surface area contributed by atoms with Gasteiger partial charge in [-0.05, 0) is 31.4 Å². The summed E-state index contributed by atoms with van der Waals surface area (Å²) >= 11 is 0. The van der Waals surface area contributed by atoms with Crippen molar-refractivity contribution in [3.63, 3.8) is 0 Å². The van der Waals surface area contributed by atoms with E-state index < -0.39 is 5.91 Å². The minimum Gasteiger partial charge on any atom is -0.384 e. The highest BCUT2D eigenvalue weighted by molar-refractivity contribution is 6.06. The average Bonchev–Trinajstić information content (AvgIpc) is 2.49. The molecular weight excluding hydrogens is 252 g/mol. The molecule has 0 aromatic heterocycles. The summed E-state index contributed by atoms with van der Waals surface area (Å²) in [5.74, 6) is -0.178. The van der Waals surface area contributed by atoms with Crippen molar-refractivity contribution in [2.45, 2.75) is 19.3 Å². The summed E-state index contributed by atoms with van der Waals surface area (Å²) in [6.07, 6.45) is 3.25. The number of carbonyl (C=O) groups excluding carboxylic acids is 1. The maximum Gasteiger partial charge on any atom is 0.270 e. The third-order valence-corrected chi connectivity index (χ3v) is 3.32. The highest BCUT2D eigenvalue weighted by Gasteiger charge is 2.19. The number of carbonyl (C=O) groups is 1. The number of piperidine rings is 1. The number of anilines is 1. The fraction of sp³-hybridized carbons (Fsp3) is 0.333. The number of benzene rings is 1. The Morgan fingerprint density at radius 2 is 1.85 bits per heavy atom. The molecule has 0 aliphatic carbocycles. The van der Waals surface area contributed by atoms with Crippen LogP contribution in [0.1, 0.15) is 19.3 Å². The van der Waals surface area contributed by atoms with Crippen LogP contribution in [-0.4, -0.2) is 23.9 Å². The van der Waals surface area contributed by atoms with Gasteiger partial charge in [-0.1, -0.05) is 18.2 Å². The second-order valence-corrected chi connectivity index (χ2v) is 4.74. The molecule has 1 aromatic rings. The van der Waals surface area contributed by atoms with Gasteiger partial charge >= 0.3 is 0 Å². The first kappa shape index (κ1) is 13.9. The quantitative estimate of drug-likeness (QED) is 0.648. The fourth-order valence-electron chi connectivity index (χ4n) is 2.23. The predicted molar refractivity (Wildman–Crippen MR) is 77.3 cm³/mol. The number of nitrogens with one attached hydrogen (secondary N) is 1. The first-order valence-corrected chi connectivity index (χ1v) is 6.73. The molecule has 0 unspecified atom stereocenters. The van der Waals surface area contributed by atoms with E-state index in [0.717, 1.165) is 25.9 Å². The third kappa shape index (κ3) is 3.29. The van der Waals surface area contributed by atoms with Crippen molar-refractivity contribution in [2.24, 2.45) is 5.73 Å². The number of hydrogen-bond donors (Lipinski definition) is 2. The lowest BCUT2D eigenvalue weighted by molar-refractivity contribution is -0.112. The van der Waals surface area contributed by atoms with Crippen molar-refractivity contribution >= 4 is 11.6 Å². The van der Waals surface area contributed by atoms with Gasteiger partial charge in [0, 0.05) is 18.8 Å². The zero-order valence-electron chi connectivity index (χ0n) is 11.3. The van der Waals surface area contributed by atoms with Crippen molar-refractivity contribution in [3.8, 4) is 6.07 Å². The molecule has 3 N–H and O–H groups in total. The van der Waals surface area contributed by atoms with Crippen molar-refractivity contribution in [3.05, 3.63) is 41.7 Å². The number of hydrogen-bond acceptors (Lipinski definition) is 4. The number of likely N-dealkylation sites (tertiary alicyclic amines) is 1. The molecule has 1 saturated heterocycles. The van der Waals surface area contributed by atoms with E-state index in [1.165, 1.54) is 6.42 Å². The van der Waals surface area contributed by atoms with Crippen LogP contribution >= 0.6 is 0 Å². The summed E-state index contributed by atoms with van der Waals surface area (Å²) in [4.78, 5) is 14.0. The van der Waals surface area contributed by atoms with Gasteiger partial charge in [0.15, 0.2) is 5.57 Å². The topological polar surface area (TPSA) is 82.1 Å². The van der Waals surface area contributed by atoms with Crippen LogP contribution in [-0.2, 0) is 4.79 Å². The Bertz CT molecular complexity index is 539. The van der Waals surface area contributed by atoms with Crippen molar-refractivity contribution in [2.75, 3.05) is 18.4 Å². The summed E-state index contributed by atoms with van der Waals surface area (Å²) in [5, 5.41) is 11.9. The van der Waals surface area contributed by atoms with E-state index in [2.05, 4.69) is 5.32 Å². The molecule has 0 saturated carbocycles. The van der Waals surface area contributed by atoms with Gasteiger partial charge in [-0.2, -0.15) is 5.26 Å². The van der Waals surface area contributed by atoms with E-state index in [1.807, 2.05) is 29.2 Å². The fourth-order valence-corrected chi connectivity index (χ4v) is 2.23. The van der Waals surface area contributed by atoms with E-state index >= 15 is 0 Å². The minimum absolute atomic E-state index is 0.0178. The Kier molecular flexibility index (Phi) is 4.61. The second-order valence-electron chi connectivity index (χ2n) is 4.74. The Morgan fingerprint density at radius 3 is 2.45 bits per heavy atom. The standard InChI is InChI=1S/C15H18N4O/c16-11-13(14(17)19-9-5-2-6-10-19)15(20)18-12-7-3-1-4-8-12/h1,3-4,7-8H,2,5-6,9-10,17H2,(H,18,20)/b14-13-. The van der Waals surface area contributed by atoms with E-state index in [-0.39, 0.29) is 11.4 Å². The Morgan fingerprint density at radius 1 is 1.20 bits per heavy atom. The number of amides is 1. The van der Waals surface area contributed by atoms with E-state index in [4.69, 9.17) is 5.73 Å². The number of nitrogens with zero attached hydrogens (tertiary/aromatic N) is 2. The average molecular weight is 270 g/mol. The Balaban J connectivity index is 2.14. The van der Waals surface area contributed by atoms with Crippen LogP contribution in [0.25, 0.3) is 0 Å². The number of nitriles is 1. The van der Waals surface area contributed by atoms with E-state index in [9.17, 15) is 10.1 Å². The molecule has 1 heterocycles. The Hall–Kier alpha value is -2.48. The molecule has 5 nitrogen and oxygen atoms in total.